The number of likely N-dealkylation sites (tertiary alicyclic amines) is 1. The smallest absolute Gasteiger partial charge is 0.176 e. The van der Waals surface area contributed by atoms with Gasteiger partial charge in [0, 0.05) is 30.7 Å². The number of halogens is 1. The molecular formula is C30H31ClN4O4. The molecule has 0 radical (unpaired) electrons. The van der Waals surface area contributed by atoms with Gasteiger partial charge in [0.2, 0.25) is 0 Å². The van der Waals surface area contributed by atoms with Gasteiger partial charge in [0.25, 0.3) is 0 Å². The van der Waals surface area contributed by atoms with E-state index in [1.807, 2.05) is 43.3 Å². The maximum Gasteiger partial charge on any atom is 0.176 e. The molecule has 8 nitrogen and oxygen atoms in total. The zero-order valence-corrected chi connectivity index (χ0v) is 23.0. The Hall–Kier alpha value is -3.77. The highest BCUT2D eigenvalue weighted by atomic mass is 35.5. The number of piperidine rings is 1. The Bertz CT molecular complexity index is 1560. The number of ether oxygens (including phenoxy) is 3. The molecule has 5 rings (SSSR count). The van der Waals surface area contributed by atoms with Crippen LogP contribution in [0.2, 0.25) is 5.02 Å². The van der Waals surface area contributed by atoms with Gasteiger partial charge in [-0.1, -0.05) is 18.0 Å². The highest BCUT2D eigenvalue weighted by Crippen LogP contribution is 2.39. The van der Waals surface area contributed by atoms with Crippen LogP contribution in [0, 0.1) is 18.3 Å². The molecule has 1 aliphatic heterocycles. The molecule has 0 aliphatic carbocycles. The molecule has 1 saturated heterocycles. The number of pyridine rings is 1. The molecule has 2 heterocycles. The van der Waals surface area contributed by atoms with Crippen LogP contribution >= 0.6 is 11.6 Å². The van der Waals surface area contributed by atoms with Gasteiger partial charge in [0.05, 0.1) is 48.3 Å². The maximum atomic E-state index is 10.1. The number of nitrogens with zero attached hydrogens (tertiary/aromatic N) is 3. The van der Waals surface area contributed by atoms with Crippen molar-refractivity contribution in [1.82, 2.24) is 9.88 Å². The summed E-state index contributed by atoms with van der Waals surface area (Å²) in [5.74, 6) is 1.80. The fourth-order valence-corrected chi connectivity index (χ4v) is 5.37. The van der Waals surface area contributed by atoms with Gasteiger partial charge in [-0.15, -0.1) is 0 Å². The van der Waals surface area contributed by atoms with Crippen molar-refractivity contribution >= 4 is 44.7 Å². The highest BCUT2D eigenvalue weighted by Gasteiger charge is 2.23. The van der Waals surface area contributed by atoms with Gasteiger partial charge < -0.3 is 24.6 Å². The standard InChI is InChI=1S/C30H31ClN4O4/c1-18-9-23(31)25(14-26(18)37-2)34-30-21(15-32)16-33-24-11-20-13-28(27(38-3)12-19(20)10-22(24)30)39-29(17-36)35-7-5-4-6-8-35/h9-14,16,29,36H,4-8,17H2,1-3H3,(H,33,34). The first-order valence-corrected chi connectivity index (χ1v) is 13.3. The van der Waals surface area contributed by atoms with Crippen LogP contribution in [0.3, 0.4) is 0 Å². The number of fused-ring (bicyclic) bond motifs is 2. The van der Waals surface area contributed by atoms with E-state index in [2.05, 4.69) is 21.3 Å². The lowest BCUT2D eigenvalue weighted by Gasteiger charge is -2.33. The van der Waals surface area contributed by atoms with Crippen molar-refractivity contribution in [3.8, 4) is 23.3 Å². The van der Waals surface area contributed by atoms with Crippen molar-refractivity contribution in [2.45, 2.75) is 32.4 Å². The maximum absolute atomic E-state index is 10.1. The number of aryl methyl sites for hydroxylation is 1. The minimum Gasteiger partial charge on any atom is -0.496 e. The molecule has 0 spiro atoms. The third kappa shape index (κ3) is 5.39. The van der Waals surface area contributed by atoms with Crippen LogP contribution in [-0.4, -0.2) is 55.1 Å². The van der Waals surface area contributed by atoms with E-state index in [0.717, 1.165) is 47.7 Å². The molecule has 0 bridgehead atoms. The van der Waals surface area contributed by atoms with E-state index in [0.29, 0.717) is 44.7 Å². The van der Waals surface area contributed by atoms with Crippen molar-refractivity contribution < 1.29 is 19.3 Å². The number of aromatic nitrogens is 1. The molecule has 1 aromatic heterocycles. The lowest BCUT2D eigenvalue weighted by molar-refractivity contribution is -0.0261. The van der Waals surface area contributed by atoms with Gasteiger partial charge in [0.1, 0.15) is 11.8 Å². The van der Waals surface area contributed by atoms with Crippen molar-refractivity contribution in [1.29, 1.82) is 5.26 Å². The summed E-state index contributed by atoms with van der Waals surface area (Å²) >= 11 is 6.55. The monoisotopic (exact) mass is 546 g/mol. The number of nitrogens with one attached hydrogen (secondary N) is 1. The van der Waals surface area contributed by atoms with Crippen LogP contribution in [0.15, 0.2) is 42.6 Å². The third-order valence-corrected chi connectivity index (χ3v) is 7.50. The third-order valence-electron chi connectivity index (χ3n) is 7.19. The van der Waals surface area contributed by atoms with E-state index < -0.39 is 6.23 Å². The second-order valence-corrected chi connectivity index (χ2v) is 10.1. The molecular weight excluding hydrogens is 516 g/mol. The van der Waals surface area contributed by atoms with E-state index in [4.69, 9.17) is 25.8 Å². The van der Waals surface area contributed by atoms with Gasteiger partial charge in [-0.25, -0.2) is 0 Å². The number of methoxy groups -OCH3 is 2. The summed E-state index contributed by atoms with van der Waals surface area (Å²) in [5.41, 5.74) is 3.22. The summed E-state index contributed by atoms with van der Waals surface area (Å²) in [6.07, 6.45) is 4.49. The fourth-order valence-electron chi connectivity index (χ4n) is 5.10. The van der Waals surface area contributed by atoms with E-state index in [1.165, 1.54) is 6.42 Å². The van der Waals surface area contributed by atoms with Crippen molar-refractivity contribution in [3.63, 3.8) is 0 Å². The molecule has 4 aromatic rings. The molecule has 2 N–H and O–H groups in total. The number of hydrogen-bond acceptors (Lipinski definition) is 8. The minimum absolute atomic E-state index is 0.112. The average Bonchev–Trinajstić information content (AvgIpc) is 2.96. The number of aliphatic hydroxyl groups excluding tert-OH is 1. The van der Waals surface area contributed by atoms with Gasteiger partial charge in [-0.05, 0) is 66.4 Å². The summed E-state index contributed by atoms with van der Waals surface area (Å²) in [6.45, 7) is 3.59. The predicted octanol–water partition coefficient (Wildman–Crippen LogP) is 6.17. The summed E-state index contributed by atoms with van der Waals surface area (Å²) in [6, 6.07) is 13.6. The SMILES string of the molecule is COc1cc(Nc2c(C#N)cnc3cc4cc(OC(CO)N5CCCCC5)c(OC)cc4cc23)c(Cl)cc1C. The van der Waals surface area contributed by atoms with Crippen LogP contribution in [0.1, 0.15) is 30.4 Å². The summed E-state index contributed by atoms with van der Waals surface area (Å²) in [7, 11) is 3.20. The molecule has 1 fully saturated rings. The van der Waals surface area contributed by atoms with E-state index in [1.54, 1.807) is 20.4 Å². The molecule has 1 unspecified atom stereocenters. The molecule has 9 heteroatoms. The van der Waals surface area contributed by atoms with E-state index in [-0.39, 0.29) is 6.61 Å². The summed E-state index contributed by atoms with van der Waals surface area (Å²) < 4.78 is 17.4. The molecule has 202 valence electrons. The summed E-state index contributed by atoms with van der Waals surface area (Å²) in [4.78, 5) is 6.73. The first kappa shape index (κ1) is 26.8. The number of hydrogen-bond donors (Lipinski definition) is 2. The van der Waals surface area contributed by atoms with Crippen molar-refractivity contribution in [2.75, 3.05) is 39.2 Å². The second-order valence-electron chi connectivity index (χ2n) is 9.66. The number of rotatable bonds is 8. The normalized spacial score (nSPS) is 14.7. The first-order chi connectivity index (χ1) is 18.9. The van der Waals surface area contributed by atoms with Crippen molar-refractivity contribution in [2.24, 2.45) is 0 Å². The van der Waals surface area contributed by atoms with Gasteiger partial charge in [-0.2, -0.15) is 5.26 Å². The van der Waals surface area contributed by atoms with Crippen LogP contribution in [-0.2, 0) is 0 Å². The van der Waals surface area contributed by atoms with Crippen LogP contribution in [0.5, 0.6) is 17.2 Å². The second kappa shape index (κ2) is 11.5. The topological polar surface area (TPSA) is 99.9 Å². The minimum atomic E-state index is -0.444. The van der Waals surface area contributed by atoms with Gasteiger partial charge in [0.15, 0.2) is 17.7 Å². The fraction of sp³-hybridized carbons (Fsp3) is 0.333. The first-order valence-electron chi connectivity index (χ1n) is 12.9. The summed E-state index contributed by atoms with van der Waals surface area (Å²) in [5, 5.41) is 26.3. The zero-order valence-electron chi connectivity index (χ0n) is 22.3. The molecule has 39 heavy (non-hydrogen) atoms. The molecule has 3 aromatic carbocycles. The van der Waals surface area contributed by atoms with Gasteiger partial charge in [-0.3, -0.25) is 9.88 Å². The molecule has 0 amide bonds. The Morgan fingerprint density at radius 2 is 1.74 bits per heavy atom. The Kier molecular flexibility index (Phi) is 7.94. The highest BCUT2D eigenvalue weighted by molar-refractivity contribution is 6.33. The molecule has 0 saturated carbocycles. The Morgan fingerprint density at radius 3 is 2.44 bits per heavy atom. The Balaban J connectivity index is 1.58. The van der Waals surface area contributed by atoms with E-state index >= 15 is 0 Å². The Morgan fingerprint density at radius 1 is 1.03 bits per heavy atom. The predicted molar refractivity (Wildman–Crippen MR) is 153 cm³/mol. The lowest BCUT2D eigenvalue weighted by Crippen LogP contribution is -2.45. The largest absolute Gasteiger partial charge is 0.496 e. The van der Waals surface area contributed by atoms with Crippen molar-refractivity contribution in [3.05, 3.63) is 58.7 Å². The zero-order chi connectivity index (χ0) is 27.5. The van der Waals surface area contributed by atoms with Crippen LogP contribution < -0.4 is 19.5 Å². The molecule has 1 aliphatic rings. The van der Waals surface area contributed by atoms with E-state index in [9.17, 15) is 10.4 Å². The van der Waals surface area contributed by atoms with Crippen LogP contribution in [0.4, 0.5) is 11.4 Å². The molecule has 1 atom stereocenters. The average molecular weight is 547 g/mol. The Labute approximate surface area is 232 Å². The number of anilines is 2. The number of benzene rings is 3. The quantitative estimate of drug-likeness (QED) is 0.253. The lowest BCUT2D eigenvalue weighted by atomic mass is 10.0. The number of nitriles is 1. The van der Waals surface area contributed by atoms with Gasteiger partial charge >= 0.3 is 0 Å². The number of aliphatic hydroxyl groups is 1. The van der Waals surface area contributed by atoms with Crippen LogP contribution in [0.25, 0.3) is 21.7 Å².